The number of piperidine rings is 1. The van der Waals surface area contributed by atoms with E-state index in [1.165, 1.54) is 5.56 Å². The number of anilines is 2. The predicted octanol–water partition coefficient (Wildman–Crippen LogP) is 3.62. The Hall–Kier alpha value is -2.73. The van der Waals surface area contributed by atoms with Crippen molar-refractivity contribution in [1.82, 2.24) is 10.2 Å². The Morgan fingerprint density at radius 2 is 2.03 bits per heavy atom. The molecule has 8 heteroatoms. The van der Waals surface area contributed by atoms with Crippen molar-refractivity contribution in [3.8, 4) is 0 Å². The highest BCUT2D eigenvalue weighted by Crippen LogP contribution is 2.38. The van der Waals surface area contributed by atoms with Gasteiger partial charge in [0.1, 0.15) is 0 Å². The minimum Gasteiger partial charge on any atom is -0.381 e. The van der Waals surface area contributed by atoms with Crippen LogP contribution in [0.5, 0.6) is 0 Å². The summed E-state index contributed by atoms with van der Waals surface area (Å²) in [6, 6.07) is 6.47. The maximum absolute atomic E-state index is 13.0. The Balaban J connectivity index is 1.63. The fourth-order valence-electron chi connectivity index (χ4n) is 5.08. The van der Waals surface area contributed by atoms with Crippen LogP contribution in [-0.4, -0.2) is 70.0 Å². The van der Waals surface area contributed by atoms with E-state index in [-0.39, 0.29) is 11.4 Å². The Morgan fingerprint density at radius 3 is 2.69 bits per heavy atom. The Bertz CT molecular complexity index is 1010. The molecule has 2 saturated heterocycles. The lowest BCUT2D eigenvalue weighted by molar-refractivity contribution is -0.110. The van der Waals surface area contributed by atoms with Crippen molar-refractivity contribution in [2.75, 3.05) is 63.7 Å². The van der Waals surface area contributed by atoms with Crippen LogP contribution >= 0.6 is 0 Å². The van der Waals surface area contributed by atoms with Crippen molar-refractivity contribution >= 4 is 23.0 Å². The summed E-state index contributed by atoms with van der Waals surface area (Å²) in [5.74, 6) is 0.776. The molecule has 1 aromatic rings. The summed E-state index contributed by atoms with van der Waals surface area (Å²) >= 11 is 0. The van der Waals surface area contributed by atoms with E-state index in [9.17, 15) is 4.79 Å². The minimum atomic E-state index is -0.232. The monoisotopic (exact) mass is 478 g/mol. The van der Waals surface area contributed by atoms with Gasteiger partial charge < -0.3 is 30.0 Å². The SMILES string of the molecule is [C-]#[N+]C1=CCC(C(=O)Nc2ccc(C3(NCCN(C)C)CCOCC3)cc2N2CCC(C)CC2)=N1. The Labute approximate surface area is 209 Å². The second-order valence-electron chi connectivity index (χ2n) is 10.2. The molecule has 188 valence electrons. The van der Waals surface area contributed by atoms with Gasteiger partial charge in [0.05, 0.1) is 11.4 Å². The van der Waals surface area contributed by atoms with Crippen molar-refractivity contribution in [2.24, 2.45) is 10.9 Å². The number of hydrogen-bond acceptors (Lipinski definition) is 6. The fraction of sp³-hybridized carbons (Fsp3) is 0.593. The van der Waals surface area contributed by atoms with Gasteiger partial charge >= 0.3 is 0 Å². The molecule has 2 N–H and O–H groups in total. The van der Waals surface area contributed by atoms with E-state index >= 15 is 0 Å². The van der Waals surface area contributed by atoms with Gasteiger partial charge in [0.2, 0.25) is 0 Å². The number of allylic oxidation sites excluding steroid dienone is 1. The van der Waals surface area contributed by atoms with Crippen molar-refractivity contribution in [3.05, 3.63) is 47.1 Å². The highest BCUT2D eigenvalue weighted by molar-refractivity contribution is 6.44. The number of benzene rings is 1. The molecule has 3 heterocycles. The van der Waals surface area contributed by atoms with Gasteiger partial charge in [0, 0.05) is 51.4 Å². The quantitative estimate of drug-likeness (QED) is 0.559. The molecule has 2 fully saturated rings. The molecule has 0 radical (unpaired) electrons. The van der Waals surface area contributed by atoms with Crippen LogP contribution in [0.3, 0.4) is 0 Å². The number of ether oxygens (including phenoxy) is 1. The minimum absolute atomic E-state index is 0.140. The van der Waals surface area contributed by atoms with Gasteiger partial charge in [0.15, 0.2) is 5.71 Å². The van der Waals surface area contributed by atoms with E-state index in [4.69, 9.17) is 11.3 Å². The molecule has 35 heavy (non-hydrogen) atoms. The molecule has 0 bridgehead atoms. The summed E-state index contributed by atoms with van der Waals surface area (Å²) in [6.45, 7) is 14.7. The number of nitrogens with one attached hydrogen (secondary N) is 2. The second kappa shape index (κ2) is 11.3. The molecule has 0 aliphatic carbocycles. The van der Waals surface area contributed by atoms with Gasteiger partial charge in [0.25, 0.3) is 11.7 Å². The van der Waals surface area contributed by atoms with E-state index in [0.29, 0.717) is 23.9 Å². The summed E-state index contributed by atoms with van der Waals surface area (Å²) in [5, 5.41) is 6.96. The molecule has 0 aromatic heterocycles. The van der Waals surface area contributed by atoms with Crippen LogP contribution in [0.2, 0.25) is 0 Å². The topological polar surface area (TPSA) is 73.6 Å². The largest absolute Gasteiger partial charge is 0.381 e. The lowest BCUT2D eigenvalue weighted by atomic mass is 9.82. The van der Waals surface area contributed by atoms with Crippen LogP contribution in [-0.2, 0) is 15.1 Å². The number of amides is 1. The maximum Gasteiger partial charge on any atom is 0.294 e. The number of rotatable bonds is 8. The highest BCUT2D eigenvalue weighted by Gasteiger charge is 2.35. The first kappa shape index (κ1) is 25.4. The Morgan fingerprint density at radius 1 is 1.29 bits per heavy atom. The van der Waals surface area contributed by atoms with Crippen molar-refractivity contribution in [2.45, 2.75) is 44.6 Å². The number of nitrogens with zero attached hydrogens (tertiary/aromatic N) is 4. The number of likely N-dealkylation sites (N-methyl/N-ethyl adjacent to an activating group) is 1. The third-order valence-electron chi connectivity index (χ3n) is 7.40. The van der Waals surface area contributed by atoms with E-state index in [1.54, 1.807) is 6.08 Å². The second-order valence-corrected chi connectivity index (χ2v) is 10.2. The van der Waals surface area contributed by atoms with Crippen molar-refractivity contribution in [1.29, 1.82) is 0 Å². The van der Waals surface area contributed by atoms with Crippen LogP contribution in [0.4, 0.5) is 11.4 Å². The van der Waals surface area contributed by atoms with E-state index in [1.807, 2.05) is 6.07 Å². The normalized spacial score (nSPS) is 20.4. The van der Waals surface area contributed by atoms with Gasteiger partial charge in [-0.1, -0.05) is 25.6 Å². The van der Waals surface area contributed by atoms with Crippen molar-refractivity contribution in [3.63, 3.8) is 0 Å². The third kappa shape index (κ3) is 6.10. The molecule has 0 spiro atoms. The average Bonchev–Trinajstić information content (AvgIpc) is 3.35. The molecule has 3 aliphatic heterocycles. The van der Waals surface area contributed by atoms with Gasteiger partial charge in [-0.25, -0.2) is 0 Å². The Kier molecular flexibility index (Phi) is 8.22. The number of carbonyl (C=O) groups excluding carboxylic acids is 1. The van der Waals surface area contributed by atoms with E-state index in [2.05, 4.69) is 63.4 Å². The number of aliphatic imine (C=N–C) groups is 1. The maximum atomic E-state index is 13.0. The first-order valence-electron chi connectivity index (χ1n) is 12.7. The zero-order chi connectivity index (χ0) is 24.8. The predicted molar refractivity (Wildman–Crippen MR) is 141 cm³/mol. The lowest BCUT2D eigenvalue weighted by Crippen LogP contribution is -2.48. The molecular formula is C27H38N6O2. The smallest absolute Gasteiger partial charge is 0.294 e. The molecule has 0 atom stereocenters. The zero-order valence-electron chi connectivity index (χ0n) is 21.3. The van der Waals surface area contributed by atoms with Gasteiger partial charge in [-0.15, -0.1) is 4.99 Å². The van der Waals surface area contributed by atoms with Crippen LogP contribution in [0.15, 0.2) is 35.1 Å². The first-order valence-corrected chi connectivity index (χ1v) is 12.7. The van der Waals surface area contributed by atoms with Crippen LogP contribution in [0.1, 0.15) is 44.6 Å². The number of carbonyl (C=O) groups is 1. The first-order chi connectivity index (χ1) is 16.9. The molecule has 1 aromatic carbocycles. The highest BCUT2D eigenvalue weighted by atomic mass is 16.5. The summed E-state index contributed by atoms with van der Waals surface area (Å²) < 4.78 is 5.73. The van der Waals surface area contributed by atoms with Gasteiger partial charge in [-0.05, 0) is 63.4 Å². The molecule has 3 aliphatic rings. The average molecular weight is 479 g/mol. The molecule has 1 amide bonds. The lowest BCUT2D eigenvalue weighted by Gasteiger charge is -2.40. The molecule has 0 saturated carbocycles. The van der Waals surface area contributed by atoms with Crippen LogP contribution in [0.25, 0.3) is 4.85 Å². The third-order valence-corrected chi connectivity index (χ3v) is 7.40. The standard InChI is InChI=1S/C27H38N6O2/c1-20-9-14-33(15-10-20)24-19-21(27(11-17-35-18-12-27)29-13-16-32(3)4)5-6-22(24)31-26(34)23-7-8-25(28-2)30-23/h5-6,8,19-20,29H,7,9-18H2,1,3-4H3,(H,31,34). The summed E-state index contributed by atoms with van der Waals surface area (Å²) in [4.78, 5) is 25.1. The summed E-state index contributed by atoms with van der Waals surface area (Å²) in [6.07, 6.45) is 6.23. The van der Waals surface area contributed by atoms with Gasteiger partial charge in [-0.2, -0.15) is 0 Å². The molecular weight excluding hydrogens is 440 g/mol. The molecule has 4 rings (SSSR count). The fourth-order valence-corrected chi connectivity index (χ4v) is 5.08. The van der Waals surface area contributed by atoms with Crippen LogP contribution < -0.4 is 15.5 Å². The number of hydrogen-bond donors (Lipinski definition) is 2. The van der Waals surface area contributed by atoms with E-state index < -0.39 is 0 Å². The molecule has 0 unspecified atom stereocenters. The van der Waals surface area contributed by atoms with Crippen LogP contribution in [0, 0.1) is 12.5 Å². The van der Waals surface area contributed by atoms with Gasteiger partial charge in [-0.3, -0.25) is 4.79 Å². The molecule has 8 nitrogen and oxygen atoms in total. The van der Waals surface area contributed by atoms with Crippen molar-refractivity contribution < 1.29 is 9.53 Å². The zero-order valence-corrected chi connectivity index (χ0v) is 21.3. The van der Waals surface area contributed by atoms with E-state index in [0.717, 1.165) is 76.5 Å². The summed E-state index contributed by atoms with van der Waals surface area (Å²) in [7, 11) is 4.19. The summed E-state index contributed by atoms with van der Waals surface area (Å²) in [5.41, 5.74) is 3.38.